The third kappa shape index (κ3) is 9.20. The standard InChI is InChI=1S/C27H22NS.C19H26NSi.Ir/c1-17(2)22-15-25(28-16-18(22)3)21-10-12-27-24(14-21)23-13-20(9-11-26(23)29-27)19-7-5-4-6-8-19;1-19(2,3)13-16-12-17(15-10-8-7-9-11-15)20-14-18(16)21(4,5)6;/h4-9,11-17H,1-3H3;7-10,12,14H,13H2,1-6H3;/q2*-1;. The van der Waals surface area contributed by atoms with Gasteiger partial charge in [0.05, 0.1) is 8.07 Å². The van der Waals surface area contributed by atoms with Gasteiger partial charge in [0, 0.05) is 37.2 Å². The molecule has 0 bridgehead atoms. The van der Waals surface area contributed by atoms with Crippen molar-refractivity contribution in [2.75, 3.05) is 0 Å². The Morgan fingerprint density at radius 3 is 2.08 bits per heavy atom. The van der Waals surface area contributed by atoms with Gasteiger partial charge in [-0.3, -0.25) is 0 Å². The SMILES string of the molecule is CC(C)(C)Cc1cc(-c2[c-]cccc2)ncc1[Si](C)(C)C.Cc1cnc(-c2[c-]cc3sc4ccc(-c5ccccc5)cc4c3c2)cc1C(C)C.[Ir]. The van der Waals surface area contributed by atoms with E-state index in [0.717, 1.165) is 28.9 Å². The summed E-state index contributed by atoms with van der Waals surface area (Å²) in [6.45, 7) is 20.7. The molecule has 1 radical (unpaired) electrons. The van der Waals surface area contributed by atoms with E-state index >= 15 is 0 Å². The summed E-state index contributed by atoms with van der Waals surface area (Å²) in [6.07, 6.45) is 5.19. The molecule has 0 aliphatic rings. The second-order valence-electron chi connectivity index (χ2n) is 15.9. The van der Waals surface area contributed by atoms with Crippen LogP contribution in [-0.4, -0.2) is 18.0 Å². The zero-order chi connectivity index (χ0) is 35.6. The van der Waals surface area contributed by atoms with Crippen molar-refractivity contribution in [3.63, 3.8) is 0 Å². The Balaban J connectivity index is 0.000000205. The molecule has 2 nitrogen and oxygen atoms in total. The maximum Gasteiger partial charge on any atom is 0.0798 e. The summed E-state index contributed by atoms with van der Waals surface area (Å²) < 4.78 is 2.58. The largest absolute Gasteiger partial charge is 0.305 e. The van der Waals surface area contributed by atoms with Gasteiger partial charge in [-0.1, -0.05) is 114 Å². The number of aromatic nitrogens is 2. The maximum atomic E-state index is 4.71. The average Bonchev–Trinajstić information content (AvgIpc) is 3.45. The zero-order valence-corrected chi connectivity index (χ0v) is 35.5. The van der Waals surface area contributed by atoms with Gasteiger partial charge in [0.15, 0.2) is 0 Å². The maximum absolute atomic E-state index is 4.71. The Morgan fingerprint density at radius 2 is 1.41 bits per heavy atom. The molecule has 0 spiro atoms. The summed E-state index contributed by atoms with van der Waals surface area (Å²) in [5.41, 5.74) is 11.0. The molecule has 4 aromatic carbocycles. The molecule has 0 saturated carbocycles. The number of aryl methyl sites for hydroxylation is 1. The molecule has 7 aromatic rings. The first-order chi connectivity index (χ1) is 23.8. The van der Waals surface area contributed by atoms with E-state index in [9.17, 15) is 0 Å². The van der Waals surface area contributed by atoms with Gasteiger partial charge in [-0.2, -0.15) is 11.3 Å². The second kappa shape index (κ2) is 15.9. The fraction of sp³-hybridized carbons (Fsp3) is 0.261. The first-order valence-electron chi connectivity index (χ1n) is 17.6. The molecule has 0 atom stereocenters. The average molecular weight is 881 g/mol. The number of pyridine rings is 2. The van der Waals surface area contributed by atoms with E-state index in [1.54, 1.807) is 0 Å². The third-order valence-electron chi connectivity index (χ3n) is 9.06. The Morgan fingerprint density at radius 1 is 0.725 bits per heavy atom. The molecule has 0 saturated heterocycles. The van der Waals surface area contributed by atoms with Crippen molar-refractivity contribution in [3.8, 4) is 33.6 Å². The van der Waals surface area contributed by atoms with Gasteiger partial charge in [-0.25, -0.2) is 0 Å². The van der Waals surface area contributed by atoms with Crippen LogP contribution in [0.4, 0.5) is 0 Å². The summed E-state index contributed by atoms with van der Waals surface area (Å²) in [5, 5.41) is 4.07. The van der Waals surface area contributed by atoms with E-state index < -0.39 is 8.07 Å². The molecule has 0 fully saturated rings. The second-order valence-corrected chi connectivity index (χ2v) is 22.0. The summed E-state index contributed by atoms with van der Waals surface area (Å²) >= 11 is 1.83. The molecule has 7 rings (SSSR count). The molecule has 0 amide bonds. The molecular formula is C46H48IrN2SSi-2. The minimum absolute atomic E-state index is 0. The predicted molar refractivity (Wildman–Crippen MR) is 220 cm³/mol. The monoisotopic (exact) mass is 881 g/mol. The van der Waals surface area contributed by atoms with Crippen LogP contribution < -0.4 is 5.19 Å². The summed E-state index contributed by atoms with van der Waals surface area (Å²) in [4.78, 5) is 9.41. The minimum atomic E-state index is -1.37. The molecule has 3 aromatic heterocycles. The van der Waals surface area contributed by atoms with Crippen molar-refractivity contribution in [1.29, 1.82) is 0 Å². The predicted octanol–water partition coefficient (Wildman–Crippen LogP) is 12.7. The van der Waals surface area contributed by atoms with Crippen LogP contribution in [0.25, 0.3) is 53.8 Å². The number of hydrogen-bond donors (Lipinski definition) is 0. The van der Waals surface area contributed by atoms with Gasteiger partial charge in [0.1, 0.15) is 0 Å². The van der Waals surface area contributed by atoms with Crippen LogP contribution in [0.15, 0.2) is 109 Å². The Labute approximate surface area is 323 Å². The van der Waals surface area contributed by atoms with Crippen molar-refractivity contribution in [1.82, 2.24) is 9.97 Å². The van der Waals surface area contributed by atoms with Crippen LogP contribution in [0.2, 0.25) is 19.6 Å². The summed E-state index contributed by atoms with van der Waals surface area (Å²) in [6, 6.07) is 41.0. The van der Waals surface area contributed by atoms with Crippen LogP contribution in [0, 0.1) is 24.5 Å². The molecule has 3 heterocycles. The van der Waals surface area contributed by atoms with Gasteiger partial charge >= 0.3 is 0 Å². The van der Waals surface area contributed by atoms with Crippen molar-refractivity contribution < 1.29 is 20.1 Å². The zero-order valence-electron chi connectivity index (χ0n) is 31.3. The molecule has 0 aliphatic heterocycles. The smallest absolute Gasteiger partial charge is 0.0798 e. The minimum Gasteiger partial charge on any atom is -0.305 e. The van der Waals surface area contributed by atoms with Crippen molar-refractivity contribution in [2.45, 2.75) is 73.5 Å². The summed E-state index contributed by atoms with van der Waals surface area (Å²) in [5.74, 6) is 0.482. The number of rotatable bonds is 6. The van der Waals surface area contributed by atoms with E-state index in [4.69, 9.17) is 9.97 Å². The quantitative estimate of drug-likeness (QED) is 0.123. The fourth-order valence-corrected chi connectivity index (χ4v) is 9.20. The third-order valence-corrected chi connectivity index (χ3v) is 12.3. The first kappa shape index (κ1) is 38.5. The topological polar surface area (TPSA) is 25.8 Å². The van der Waals surface area contributed by atoms with Crippen molar-refractivity contribution in [2.24, 2.45) is 5.41 Å². The van der Waals surface area contributed by atoms with Gasteiger partial charge < -0.3 is 9.97 Å². The van der Waals surface area contributed by atoms with Crippen LogP contribution in [0.5, 0.6) is 0 Å². The number of thiophene rings is 1. The van der Waals surface area contributed by atoms with Crippen LogP contribution in [0.1, 0.15) is 57.2 Å². The Bertz CT molecular complexity index is 2240. The first-order valence-corrected chi connectivity index (χ1v) is 22.0. The van der Waals surface area contributed by atoms with E-state index in [2.05, 4.69) is 158 Å². The van der Waals surface area contributed by atoms with E-state index in [0.29, 0.717) is 5.92 Å². The number of nitrogens with zero attached hydrogens (tertiary/aromatic N) is 2. The molecule has 51 heavy (non-hydrogen) atoms. The Hall–Kier alpha value is -3.73. The van der Waals surface area contributed by atoms with Crippen molar-refractivity contribution in [3.05, 3.63) is 138 Å². The van der Waals surface area contributed by atoms with Gasteiger partial charge in [-0.05, 0) is 85.7 Å². The Kier molecular flexibility index (Phi) is 12.0. The van der Waals surface area contributed by atoms with Gasteiger partial charge in [-0.15, -0.1) is 59.7 Å². The number of fused-ring (bicyclic) bond motifs is 3. The van der Waals surface area contributed by atoms with Crippen LogP contribution in [-0.2, 0) is 26.5 Å². The van der Waals surface area contributed by atoms with Crippen LogP contribution in [0.3, 0.4) is 0 Å². The molecule has 0 N–H and O–H groups in total. The van der Waals surface area contributed by atoms with E-state index in [1.165, 1.54) is 53.2 Å². The molecule has 263 valence electrons. The van der Waals surface area contributed by atoms with Gasteiger partial charge in [0.25, 0.3) is 0 Å². The molecule has 5 heteroatoms. The van der Waals surface area contributed by atoms with Gasteiger partial charge in [0.2, 0.25) is 0 Å². The van der Waals surface area contributed by atoms with Crippen LogP contribution >= 0.6 is 11.3 Å². The number of hydrogen-bond acceptors (Lipinski definition) is 3. The van der Waals surface area contributed by atoms with Crippen molar-refractivity contribution >= 4 is 44.8 Å². The fourth-order valence-electron chi connectivity index (χ4n) is 6.58. The normalized spacial score (nSPS) is 11.7. The van der Waals surface area contributed by atoms with E-state index in [1.807, 2.05) is 35.7 Å². The summed E-state index contributed by atoms with van der Waals surface area (Å²) in [7, 11) is -1.37. The van der Waals surface area contributed by atoms with E-state index in [-0.39, 0.29) is 25.5 Å². The molecule has 0 aliphatic carbocycles. The molecule has 0 unspecified atom stereocenters. The number of benzene rings is 4. The molecular weight excluding hydrogens is 833 g/mol.